The van der Waals surface area contributed by atoms with Gasteiger partial charge in [-0.3, -0.25) is 0 Å². The fourth-order valence-corrected chi connectivity index (χ4v) is 4.34. The van der Waals surface area contributed by atoms with Crippen LogP contribution in [0.5, 0.6) is 11.5 Å². The van der Waals surface area contributed by atoms with E-state index in [1.54, 1.807) is 0 Å². The van der Waals surface area contributed by atoms with Gasteiger partial charge in [-0.1, -0.05) is 0 Å². The Morgan fingerprint density at radius 1 is 0.613 bits per heavy atom. The Kier molecular flexibility index (Phi) is 11.5. The quantitative estimate of drug-likeness (QED) is 0.501. The molecular formula is C24H36Cl2N2O2Zr. The third kappa shape index (κ3) is 8.19. The molecule has 0 aliphatic carbocycles. The third-order valence-electron chi connectivity index (χ3n) is 4.92. The Bertz CT molecular complexity index is 775. The molecule has 0 N–H and O–H groups in total. The number of benzene rings is 2. The van der Waals surface area contributed by atoms with Crippen LogP contribution in [0.15, 0.2) is 36.4 Å². The molecular weight excluding hydrogens is 510 g/mol. The van der Waals surface area contributed by atoms with E-state index in [1.165, 1.54) is 11.1 Å². The van der Waals surface area contributed by atoms with Crippen LogP contribution in [0.2, 0.25) is 0 Å². The van der Waals surface area contributed by atoms with Gasteiger partial charge in [0.05, 0.1) is 0 Å². The maximum atomic E-state index is 6.19. The van der Waals surface area contributed by atoms with Crippen LogP contribution < -0.4 is 40.2 Å². The van der Waals surface area contributed by atoms with E-state index in [-0.39, 0.29) is 35.6 Å². The Labute approximate surface area is 214 Å². The van der Waals surface area contributed by atoms with E-state index in [2.05, 4.69) is 116 Å². The summed E-state index contributed by atoms with van der Waals surface area (Å²) in [5.41, 5.74) is 5.00. The van der Waals surface area contributed by atoms with Crippen LogP contribution in [-0.2, 0) is 34.9 Å². The minimum absolute atomic E-state index is 0. The van der Waals surface area contributed by atoms with Crippen LogP contribution in [0.3, 0.4) is 0 Å². The van der Waals surface area contributed by atoms with Gasteiger partial charge < -0.3 is 24.8 Å². The minimum atomic E-state index is -1.55. The van der Waals surface area contributed by atoms with Gasteiger partial charge in [0, 0.05) is 0 Å². The molecule has 0 saturated carbocycles. The van der Waals surface area contributed by atoms with E-state index < -0.39 is 24.1 Å². The average molecular weight is 547 g/mol. The number of nitrogens with zero attached hydrogens (tertiary/aromatic N) is 2. The van der Waals surface area contributed by atoms with Gasteiger partial charge in [0.15, 0.2) is 0 Å². The summed E-state index contributed by atoms with van der Waals surface area (Å²) in [5.74, 6) is 1.79. The number of rotatable bonds is 6. The van der Waals surface area contributed by atoms with Gasteiger partial charge in [0.25, 0.3) is 0 Å². The summed E-state index contributed by atoms with van der Waals surface area (Å²) < 4.78 is 12.4. The molecule has 0 aromatic heterocycles. The van der Waals surface area contributed by atoms with Gasteiger partial charge in [-0.15, -0.1) is 0 Å². The molecule has 0 atom stereocenters. The van der Waals surface area contributed by atoms with Crippen molar-refractivity contribution in [1.29, 1.82) is 0 Å². The topological polar surface area (TPSA) is 24.9 Å². The summed E-state index contributed by atoms with van der Waals surface area (Å²) in [4.78, 5) is 4.21. The molecule has 0 aliphatic heterocycles. The van der Waals surface area contributed by atoms with Crippen molar-refractivity contribution in [3.05, 3.63) is 47.5 Å². The third-order valence-corrected chi connectivity index (χ3v) is 6.41. The summed E-state index contributed by atoms with van der Waals surface area (Å²) in [6, 6.07) is 12.9. The predicted molar refractivity (Wildman–Crippen MR) is 120 cm³/mol. The number of hydrogen-bond donors (Lipinski definition) is 0. The molecule has 2 rings (SSSR count). The molecule has 31 heavy (non-hydrogen) atoms. The molecule has 2 aromatic rings. The zero-order valence-corrected chi connectivity index (χ0v) is 24.4. The van der Waals surface area contributed by atoms with Crippen LogP contribution in [0, 0.1) is 0 Å². The summed E-state index contributed by atoms with van der Waals surface area (Å²) in [6.45, 7) is 13.4. The van der Waals surface area contributed by atoms with Gasteiger partial charge in [0.2, 0.25) is 0 Å². The maximum Gasteiger partial charge on any atom is -1.00 e. The first-order chi connectivity index (χ1) is 13.3. The predicted octanol–water partition coefficient (Wildman–Crippen LogP) is -0.208. The van der Waals surface area contributed by atoms with Crippen LogP contribution in [0.25, 0.3) is 0 Å². The van der Waals surface area contributed by atoms with E-state index in [0.29, 0.717) is 0 Å². The van der Waals surface area contributed by atoms with E-state index in [0.717, 1.165) is 22.9 Å². The number of hydrogen-bond acceptors (Lipinski definition) is 4. The monoisotopic (exact) mass is 544 g/mol. The first-order valence-electron chi connectivity index (χ1n) is 10.0. The molecule has 2 aromatic carbocycles. The molecule has 0 unspecified atom stereocenters. The molecule has 0 aliphatic rings. The van der Waals surface area contributed by atoms with Crippen molar-refractivity contribution in [2.45, 2.75) is 52.4 Å². The van der Waals surface area contributed by atoms with Gasteiger partial charge in [0.1, 0.15) is 0 Å². The van der Waals surface area contributed by atoms with Crippen molar-refractivity contribution in [3.63, 3.8) is 0 Å². The Morgan fingerprint density at radius 3 is 1.19 bits per heavy atom. The molecule has 0 saturated heterocycles. The van der Waals surface area contributed by atoms with Crippen molar-refractivity contribution in [2.75, 3.05) is 38.0 Å². The van der Waals surface area contributed by atoms with Crippen molar-refractivity contribution >= 4 is 11.4 Å². The Morgan fingerprint density at radius 2 is 0.935 bits per heavy atom. The fourth-order valence-electron chi connectivity index (χ4n) is 2.95. The van der Waals surface area contributed by atoms with Crippen molar-refractivity contribution in [1.82, 2.24) is 0 Å². The molecule has 0 radical (unpaired) electrons. The molecule has 0 heterocycles. The standard InChI is InChI=1S/2C12H19NO.2ClH.Zr/c2*1-12(2,3)9-6-7-11(14)10(8-9)13(4)5;;;/h2*6-8,14H,1-5H3;2*1H;/q;;;;+4/p-4. The number of anilines is 2. The zero-order valence-electron chi connectivity index (χ0n) is 20.4. The van der Waals surface area contributed by atoms with Gasteiger partial charge >= 0.3 is 191 Å². The largest absolute Gasteiger partial charge is 1.00 e. The molecule has 0 bridgehead atoms. The maximum absolute atomic E-state index is 6.19. The van der Waals surface area contributed by atoms with Gasteiger partial charge in [-0.2, -0.15) is 0 Å². The molecule has 0 spiro atoms. The summed E-state index contributed by atoms with van der Waals surface area (Å²) in [7, 11) is 8.21. The molecule has 7 heteroatoms. The summed E-state index contributed by atoms with van der Waals surface area (Å²) in [5, 5.41) is 0. The van der Waals surface area contributed by atoms with E-state index >= 15 is 0 Å². The van der Waals surface area contributed by atoms with Crippen molar-refractivity contribution in [2.24, 2.45) is 0 Å². The second kappa shape index (κ2) is 11.8. The minimum Gasteiger partial charge on any atom is -1.00 e. The van der Waals surface area contributed by atoms with E-state index in [9.17, 15) is 0 Å². The second-order valence-corrected chi connectivity index (χ2v) is 11.4. The Balaban J connectivity index is 0.00000450. The van der Waals surface area contributed by atoms with Crippen LogP contribution in [0.4, 0.5) is 11.4 Å². The van der Waals surface area contributed by atoms with Gasteiger partial charge in [-0.05, 0) is 0 Å². The fraction of sp³-hybridized carbons (Fsp3) is 0.500. The molecule has 172 valence electrons. The van der Waals surface area contributed by atoms with Crippen LogP contribution in [0.1, 0.15) is 52.7 Å². The second-order valence-electron chi connectivity index (χ2n) is 9.94. The van der Waals surface area contributed by atoms with E-state index in [4.69, 9.17) is 5.63 Å². The number of halogens is 2. The first kappa shape index (κ1) is 30.1. The van der Waals surface area contributed by atoms with Crippen LogP contribution >= 0.6 is 0 Å². The SMILES string of the molecule is CN(C)c1cc(C(C)(C)C)ccc1[O][Zr+2][O]c1ccc(C(C)(C)C)cc1N(C)C.[Cl-].[Cl-]. The van der Waals surface area contributed by atoms with Crippen LogP contribution in [-0.4, -0.2) is 28.2 Å². The first-order valence-corrected chi connectivity index (χ1v) is 12.0. The Hall–Kier alpha value is -0.897. The smallest absolute Gasteiger partial charge is 1.00 e. The molecule has 4 nitrogen and oxygen atoms in total. The normalized spacial score (nSPS) is 10.9. The molecule has 0 fully saturated rings. The summed E-state index contributed by atoms with van der Waals surface area (Å²) in [6.07, 6.45) is 0. The summed E-state index contributed by atoms with van der Waals surface area (Å²) >= 11 is -1.55. The van der Waals surface area contributed by atoms with Crippen molar-refractivity contribution in [3.8, 4) is 11.5 Å². The molecule has 0 amide bonds. The van der Waals surface area contributed by atoms with E-state index in [1.807, 2.05) is 0 Å². The zero-order chi connectivity index (χ0) is 22.0. The van der Waals surface area contributed by atoms with Gasteiger partial charge in [-0.25, -0.2) is 0 Å². The average Bonchev–Trinajstić information content (AvgIpc) is 2.60. The van der Waals surface area contributed by atoms with Crippen molar-refractivity contribution < 1.29 is 54.6 Å².